The number of hydrogen-bond acceptors (Lipinski definition) is 5. The van der Waals surface area contributed by atoms with Crippen molar-refractivity contribution in [2.75, 3.05) is 33.7 Å². The minimum Gasteiger partial charge on any atom is -0.341 e. The van der Waals surface area contributed by atoms with Gasteiger partial charge in [-0.3, -0.25) is 4.79 Å². The van der Waals surface area contributed by atoms with Crippen LogP contribution in [0.2, 0.25) is 0 Å². The molecular weight excluding hydrogens is 340 g/mol. The van der Waals surface area contributed by atoms with Gasteiger partial charge in [0.15, 0.2) is 0 Å². The molecule has 1 aliphatic heterocycles. The maximum atomic E-state index is 12.6. The molecule has 146 valence electrons. The van der Waals surface area contributed by atoms with E-state index in [1.807, 2.05) is 44.2 Å². The number of benzene rings is 1. The Kier molecular flexibility index (Phi) is 6.58. The first-order valence-corrected chi connectivity index (χ1v) is 9.60. The summed E-state index contributed by atoms with van der Waals surface area (Å²) in [6, 6.07) is 10.2. The van der Waals surface area contributed by atoms with E-state index in [-0.39, 0.29) is 11.8 Å². The normalized spacial score (nSPS) is 17.5. The number of amides is 1. The fraction of sp³-hybridized carbons (Fsp3) is 0.550. The average Bonchev–Trinajstić information content (AvgIpc) is 3.02. The fourth-order valence-corrected chi connectivity index (χ4v) is 3.59. The number of likely N-dealkylation sites (tertiary alicyclic amines) is 1. The van der Waals surface area contributed by atoms with Gasteiger partial charge < -0.3 is 19.7 Å². The molecule has 1 amide bonds. The highest BCUT2D eigenvalue weighted by Crippen LogP contribution is 2.25. The molecule has 2 heterocycles. The lowest BCUT2D eigenvalue weighted by Crippen LogP contribution is -2.43. The van der Waals surface area contributed by atoms with Crippen molar-refractivity contribution >= 4 is 5.91 Å². The molecule has 7 nitrogen and oxygen atoms in total. The van der Waals surface area contributed by atoms with Crippen LogP contribution in [0.4, 0.5) is 0 Å². The van der Waals surface area contributed by atoms with Gasteiger partial charge in [-0.2, -0.15) is 0 Å². The topological polar surface area (TPSA) is 66.3 Å². The molecule has 7 heteroatoms. The first kappa shape index (κ1) is 19.5. The first-order valence-electron chi connectivity index (χ1n) is 9.60. The van der Waals surface area contributed by atoms with Gasteiger partial charge in [0.1, 0.15) is 11.6 Å². The highest BCUT2D eigenvalue weighted by Gasteiger charge is 2.28. The molecule has 0 spiro atoms. The van der Waals surface area contributed by atoms with Crippen molar-refractivity contribution in [1.82, 2.24) is 29.9 Å². The lowest BCUT2D eigenvalue weighted by molar-refractivity contribution is -0.131. The molecule has 27 heavy (non-hydrogen) atoms. The van der Waals surface area contributed by atoms with Crippen molar-refractivity contribution < 1.29 is 4.79 Å². The van der Waals surface area contributed by atoms with Crippen molar-refractivity contribution in [3.05, 3.63) is 47.5 Å². The van der Waals surface area contributed by atoms with Gasteiger partial charge in [-0.05, 0) is 32.5 Å². The Morgan fingerprint density at radius 2 is 2.04 bits per heavy atom. The SMILES string of the molecule is CN(C)Cc1nnc(C2CCCN(C(=O)CNCc3ccccc3)C2)n1C. The second-order valence-corrected chi connectivity index (χ2v) is 7.54. The summed E-state index contributed by atoms with van der Waals surface area (Å²) < 4.78 is 2.09. The zero-order valence-electron chi connectivity index (χ0n) is 16.6. The molecule has 1 saturated heterocycles. The van der Waals surface area contributed by atoms with E-state index >= 15 is 0 Å². The van der Waals surface area contributed by atoms with E-state index in [0.717, 1.165) is 44.1 Å². The summed E-state index contributed by atoms with van der Waals surface area (Å²) in [5.74, 6) is 2.36. The summed E-state index contributed by atoms with van der Waals surface area (Å²) >= 11 is 0. The Morgan fingerprint density at radius 1 is 1.26 bits per heavy atom. The van der Waals surface area contributed by atoms with E-state index < -0.39 is 0 Å². The quantitative estimate of drug-likeness (QED) is 0.797. The second-order valence-electron chi connectivity index (χ2n) is 7.54. The molecule has 1 atom stereocenters. The Balaban J connectivity index is 1.54. The minimum atomic E-state index is 0.159. The summed E-state index contributed by atoms with van der Waals surface area (Å²) in [5.41, 5.74) is 1.19. The molecule has 1 aliphatic rings. The third-order valence-electron chi connectivity index (χ3n) is 5.04. The summed E-state index contributed by atoms with van der Waals surface area (Å²) in [5, 5.41) is 12.0. The van der Waals surface area contributed by atoms with Crippen molar-refractivity contribution in [3.8, 4) is 0 Å². The van der Waals surface area contributed by atoms with Crippen LogP contribution >= 0.6 is 0 Å². The minimum absolute atomic E-state index is 0.159. The van der Waals surface area contributed by atoms with Crippen molar-refractivity contribution in [2.24, 2.45) is 7.05 Å². The monoisotopic (exact) mass is 370 g/mol. The smallest absolute Gasteiger partial charge is 0.236 e. The number of piperidine rings is 1. The van der Waals surface area contributed by atoms with Gasteiger partial charge in [0.05, 0.1) is 13.1 Å². The first-order chi connectivity index (χ1) is 13.0. The van der Waals surface area contributed by atoms with E-state index in [1.54, 1.807) is 0 Å². The summed E-state index contributed by atoms with van der Waals surface area (Å²) in [7, 11) is 6.08. The standard InChI is InChI=1S/C20H30N6O/c1-24(2)15-18-22-23-20(25(18)3)17-10-7-11-26(14-17)19(27)13-21-12-16-8-5-4-6-9-16/h4-6,8-9,17,21H,7,10-15H2,1-3H3. The average molecular weight is 371 g/mol. The van der Waals surface area contributed by atoms with Gasteiger partial charge in [-0.1, -0.05) is 30.3 Å². The maximum absolute atomic E-state index is 12.6. The van der Waals surface area contributed by atoms with Crippen molar-refractivity contribution in [1.29, 1.82) is 0 Å². The van der Waals surface area contributed by atoms with Crippen LogP contribution in [0.5, 0.6) is 0 Å². The number of aromatic nitrogens is 3. The molecule has 1 unspecified atom stereocenters. The summed E-state index contributed by atoms with van der Waals surface area (Å²) in [6.07, 6.45) is 2.06. The molecule has 0 aliphatic carbocycles. The molecule has 3 rings (SSSR count). The third kappa shape index (κ3) is 5.14. The molecule has 0 bridgehead atoms. The number of nitrogens with one attached hydrogen (secondary N) is 1. The molecular formula is C20H30N6O. The van der Waals surface area contributed by atoms with Gasteiger partial charge in [0.25, 0.3) is 0 Å². The molecule has 2 aromatic rings. The van der Waals surface area contributed by atoms with Crippen LogP contribution in [-0.4, -0.2) is 64.2 Å². The highest BCUT2D eigenvalue weighted by molar-refractivity contribution is 5.78. The van der Waals surface area contributed by atoms with Gasteiger partial charge in [0.2, 0.25) is 5.91 Å². The predicted octanol–water partition coefficient (Wildman–Crippen LogP) is 1.37. The largest absolute Gasteiger partial charge is 0.341 e. The molecule has 1 aromatic carbocycles. The van der Waals surface area contributed by atoms with Crippen LogP contribution in [-0.2, 0) is 24.9 Å². The molecule has 1 N–H and O–H groups in total. The van der Waals surface area contributed by atoms with Gasteiger partial charge in [0, 0.05) is 32.6 Å². The van der Waals surface area contributed by atoms with Gasteiger partial charge in [-0.25, -0.2) is 0 Å². The van der Waals surface area contributed by atoms with E-state index in [0.29, 0.717) is 13.1 Å². The number of carbonyl (C=O) groups excluding carboxylic acids is 1. The maximum Gasteiger partial charge on any atom is 0.236 e. The Morgan fingerprint density at radius 3 is 2.78 bits per heavy atom. The Bertz CT molecular complexity index is 742. The number of rotatable bonds is 7. The van der Waals surface area contributed by atoms with Crippen LogP contribution in [0.1, 0.15) is 36.0 Å². The van der Waals surface area contributed by atoms with Crippen molar-refractivity contribution in [2.45, 2.75) is 31.8 Å². The number of nitrogens with zero attached hydrogens (tertiary/aromatic N) is 5. The zero-order valence-corrected chi connectivity index (χ0v) is 16.6. The Labute approximate surface area is 161 Å². The van der Waals surface area contributed by atoms with Crippen LogP contribution in [0.3, 0.4) is 0 Å². The van der Waals surface area contributed by atoms with Gasteiger partial charge >= 0.3 is 0 Å². The lowest BCUT2D eigenvalue weighted by Gasteiger charge is -2.32. The van der Waals surface area contributed by atoms with Crippen LogP contribution in [0, 0.1) is 0 Å². The zero-order chi connectivity index (χ0) is 19.2. The van der Waals surface area contributed by atoms with E-state index in [1.165, 1.54) is 5.56 Å². The second kappa shape index (κ2) is 9.10. The molecule has 1 fully saturated rings. The predicted molar refractivity (Wildman–Crippen MR) is 105 cm³/mol. The lowest BCUT2D eigenvalue weighted by atomic mass is 9.97. The molecule has 0 saturated carbocycles. The van der Waals surface area contributed by atoms with Crippen molar-refractivity contribution in [3.63, 3.8) is 0 Å². The van der Waals surface area contributed by atoms with E-state index in [4.69, 9.17) is 0 Å². The third-order valence-corrected chi connectivity index (χ3v) is 5.04. The van der Waals surface area contributed by atoms with E-state index in [2.05, 4.69) is 37.1 Å². The summed E-state index contributed by atoms with van der Waals surface area (Å²) in [4.78, 5) is 16.7. The van der Waals surface area contributed by atoms with E-state index in [9.17, 15) is 4.79 Å². The number of hydrogen-bond donors (Lipinski definition) is 1. The Hall–Kier alpha value is -2.25. The summed E-state index contributed by atoms with van der Waals surface area (Å²) in [6.45, 7) is 3.39. The van der Waals surface area contributed by atoms with Crippen LogP contribution < -0.4 is 5.32 Å². The number of carbonyl (C=O) groups is 1. The van der Waals surface area contributed by atoms with Crippen LogP contribution in [0.25, 0.3) is 0 Å². The van der Waals surface area contributed by atoms with Crippen LogP contribution in [0.15, 0.2) is 30.3 Å². The molecule has 1 aromatic heterocycles. The fourth-order valence-electron chi connectivity index (χ4n) is 3.59. The highest BCUT2D eigenvalue weighted by atomic mass is 16.2. The molecule has 0 radical (unpaired) electrons. The van der Waals surface area contributed by atoms with Gasteiger partial charge in [-0.15, -0.1) is 10.2 Å².